The summed E-state index contributed by atoms with van der Waals surface area (Å²) in [5, 5.41) is 3.26. The Hall–Kier alpha value is -1.36. The second kappa shape index (κ2) is 4.65. The molecule has 1 saturated carbocycles. The number of nitrogens with two attached hydrogens (primary N) is 1. The normalized spacial score (nSPS) is 17.3. The average Bonchev–Trinajstić information content (AvgIpc) is 2.96. The van der Waals surface area contributed by atoms with Gasteiger partial charge in [0.2, 0.25) is 5.91 Å². The first kappa shape index (κ1) is 11.1. The summed E-state index contributed by atoms with van der Waals surface area (Å²) in [6, 6.07) is 0.288. The first-order chi connectivity index (χ1) is 7.66. The van der Waals surface area contributed by atoms with Crippen molar-refractivity contribution >= 4 is 5.91 Å². The number of imidazole rings is 1. The molecule has 1 aromatic heterocycles. The number of primary amides is 1. The van der Waals surface area contributed by atoms with Gasteiger partial charge in [0.25, 0.3) is 0 Å². The number of amides is 1. The smallest absolute Gasteiger partial charge is 0.234 e. The highest BCUT2D eigenvalue weighted by Gasteiger charge is 2.26. The minimum absolute atomic E-state index is 0.214. The van der Waals surface area contributed by atoms with Crippen molar-refractivity contribution < 1.29 is 4.79 Å². The van der Waals surface area contributed by atoms with Gasteiger partial charge in [0, 0.05) is 25.0 Å². The summed E-state index contributed by atoms with van der Waals surface area (Å²) in [6.07, 6.45) is 6.73. The van der Waals surface area contributed by atoms with Gasteiger partial charge in [0.15, 0.2) is 0 Å². The first-order valence-electron chi connectivity index (χ1n) is 5.70. The molecule has 88 valence electrons. The van der Waals surface area contributed by atoms with Crippen molar-refractivity contribution in [1.29, 1.82) is 0 Å². The third-order valence-electron chi connectivity index (χ3n) is 2.94. The van der Waals surface area contributed by atoms with E-state index in [2.05, 4.69) is 10.3 Å². The van der Waals surface area contributed by atoms with Gasteiger partial charge in [-0.05, 0) is 26.2 Å². The molecule has 1 aliphatic carbocycles. The molecule has 0 aliphatic heterocycles. The van der Waals surface area contributed by atoms with Crippen molar-refractivity contribution in [1.82, 2.24) is 14.9 Å². The van der Waals surface area contributed by atoms with Crippen molar-refractivity contribution in [3.63, 3.8) is 0 Å². The summed E-state index contributed by atoms with van der Waals surface area (Å²) < 4.78 is 2.03. The summed E-state index contributed by atoms with van der Waals surface area (Å²) in [6.45, 7) is 2.73. The van der Waals surface area contributed by atoms with E-state index in [0.717, 1.165) is 31.6 Å². The quantitative estimate of drug-likeness (QED) is 0.721. The topological polar surface area (TPSA) is 72.9 Å². The number of carbonyl (C=O) groups excluding carboxylic acids is 1. The lowest BCUT2D eigenvalue weighted by Gasteiger charge is -2.15. The monoisotopic (exact) mass is 222 g/mol. The van der Waals surface area contributed by atoms with Crippen molar-refractivity contribution in [2.75, 3.05) is 0 Å². The van der Waals surface area contributed by atoms with Gasteiger partial charge in [0.05, 0.1) is 6.04 Å². The highest BCUT2D eigenvalue weighted by molar-refractivity contribution is 5.79. The SMILES string of the molecule is Cc1nccn1CCC(NC1CC1)C(N)=O. The van der Waals surface area contributed by atoms with Crippen LogP contribution < -0.4 is 11.1 Å². The molecule has 1 amide bonds. The van der Waals surface area contributed by atoms with Crippen LogP contribution in [0.2, 0.25) is 0 Å². The summed E-state index contributed by atoms with van der Waals surface area (Å²) in [7, 11) is 0. The number of rotatable bonds is 6. The molecule has 0 bridgehead atoms. The van der Waals surface area contributed by atoms with Gasteiger partial charge in [-0.25, -0.2) is 4.98 Å². The fourth-order valence-electron chi connectivity index (χ4n) is 1.75. The number of aromatic nitrogens is 2. The Kier molecular flexibility index (Phi) is 3.24. The molecule has 0 saturated heterocycles. The molecule has 3 N–H and O–H groups in total. The van der Waals surface area contributed by atoms with Gasteiger partial charge in [-0.15, -0.1) is 0 Å². The van der Waals surface area contributed by atoms with E-state index >= 15 is 0 Å². The van der Waals surface area contributed by atoms with Crippen LogP contribution in [-0.4, -0.2) is 27.5 Å². The summed E-state index contributed by atoms with van der Waals surface area (Å²) in [4.78, 5) is 15.4. The van der Waals surface area contributed by atoms with Gasteiger partial charge >= 0.3 is 0 Å². The maximum Gasteiger partial charge on any atom is 0.234 e. The Morgan fingerprint density at radius 3 is 3.00 bits per heavy atom. The van der Waals surface area contributed by atoms with Crippen LogP contribution in [0.1, 0.15) is 25.1 Å². The molecule has 1 atom stereocenters. The van der Waals surface area contributed by atoms with Gasteiger partial charge in [-0.3, -0.25) is 4.79 Å². The molecule has 1 aliphatic rings. The van der Waals surface area contributed by atoms with Crippen LogP contribution in [0, 0.1) is 6.92 Å². The van der Waals surface area contributed by atoms with E-state index < -0.39 is 0 Å². The molecular formula is C11H18N4O. The third kappa shape index (κ3) is 2.82. The molecule has 0 aromatic carbocycles. The van der Waals surface area contributed by atoms with Crippen LogP contribution in [0.3, 0.4) is 0 Å². The maximum absolute atomic E-state index is 11.2. The van der Waals surface area contributed by atoms with Crippen molar-refractivity contribution in [2.24, 2.45) is 5.73 Å². The molecule has 5 nitrogen and oxygen atoms in total. The van der Waals surface area contributed by atoms with Crippen LogP contribution in [-0.2, 0) is 11.3 Å². The number of nitrogens with one attached hydrogen (secondary N) is 1. The van der Waals surface area contributed by atoms with E-state index in [0.29, 0.717) is 6.04 Å². The Balaban J connectivity index is 1.85. The molecule has 5 heteroatoms. The minimum Gasteiger partial charge on any atom is -0.368 e. The maximum atomic E-state index is 11.2. The molecule has 0 radical (unpaired) electrons. The van der Waals surface area contributed by atoms with Crippen molar-refractivity contribution in [3.8, 4) is 0 Å². The fraction of sp³-hybridized carbons (Fsp3) is 0.636. The van der Waals surface area contributed by atoms with Crippen molar-refractivity contribution in [2.45, 2.75) is 44.8 Å². The van der Waals surface area contributed by atoms with E-state index in [9.17, 15) is 4.79 Å². The standard InChI is InChI=1S/C11H18N4O/c1-8-13-5-7-15(8)6-4-10(11(12)16)14-9-2-3-9/h5,7,9-10,14H,2-4,6H2,1H3,(H2,12,16). The molecule has 1 unspecified atom stereocenters. The van der Waals surface area contributed by atoms with Gasteiger partial charge in [-0.1, -0.05) is 0 Å². The average molecular weight is 222 g/mol. The Morgan fingerprint density at radius 2 is 2.50 bits per heavy atom. The third-order valence-corrected chi connectivity index (χ3v) is 2.94. The summed E-state index contributed by atoms with van der Waals surface area (Å²) in [5.74, 6) is 0.708. The fourth-order valence-corrected chi connectivity index (χ4v) is 1.75. The lowest BCUT2D eigenvalue weighted by molar-refractivity contribution is -0.120. The van der Waals surface area contributed by atoms with E-state index in [1.807, 2.05) is 17.7 Å². The molecule has 1 aromatic rings. The highest BCUT2D eigenvalue weighted by atomic mass is 16.1. The highest BCUT2D eigenvalue weighted by Crippen LogP contribution is 2.20. The second-order valence-electron chi connectivity index (χ2n) is 4.35. The van der Waals surface area contributed by atoms with E-state index in [4.69, 9.17) is 5.73 Å². The number of hydrogen-bond donors (Lipinski definition) is 2. The number of carbonyl (C=O) groups is 1. The predicted octanol–water partition coefficient (Wildman–Crippen LogP) is 0.188. The molecule has 2 rings (SSSR count). The lowest BCUT2D eigenvalue weighted by Crippen LogP contribution is -2.43. The zero-order chi connectivity index (χ0) is 11.5. The predicted molar refractivity (Wildman–Crippen MR) is 60.7 cm³/mol. The van der Waals surface area contributed by atoms with E-state index in [-0.39, 0.29) is 11.9 Å². The lowest BCUT2D eigenvalue weighted by atomic mass is 10.2. The molecule has 1 heterocycles. The van der Waals surface area contributed by atoms with E-state index in [1.54, 1.807) is 6.20 Å². The van der Waals surface area contributed by atoms with Crippen LogP contribution >= 0.6 is 0 Å². The van der Waals surface area contributed by atoms with Crippen LogP contribution in [0.5, 0.6) is 0 Å². The minimum atomic E-state index is -0.260. The summed E-state index contributed by atoms with van der Waals surface area (Å²) >= 11 is 0. The first-order valence-corrected chi connectivity index (χ1v) is 5.70. The zero-order valence-electron chi connectivity index (χ0n) is 9.52. The number of aryl methyl sites for hydroxylation is 2. The zero-order valence-corrected chi connectivity index (χ0v) is 9.52. The summed E-state index contributed by atoms with van der Waals surface area (Å²) in [5.41, 5.74) is 5.36. The van der Waals surface area contributed by atoms with Crippen LogP contribution in [0.4, 0.5) is 0 Å². The molecule has 0 spiro atoms. The van der Waals surface area contributed by atoms with Crippen LogP contribution in [0.25, 0.3) is 0 Å². The second-order valence-corrected chi connectivity index (χ2v) is 4.35. The molecule has 1 fully saturated rings. The number of nitrogens with zero attached hydrogens (tertiary/aromatic N) is 2. The Labute approximate surface area is 95.0 Å². The number of hydrogen-bond acceptors (Lipinski definition) is 3. The Morgan fingerprint density at radius 1 is 1.75 bits per heavy atom. The van der Waals surface area contributed by atoms with Gasteiger partial charge in [0.1, 0.15) is 5.82 Å². The molecular weight excluding hydrogens is 204 g/mol. The van der Waals surface area contributed by atoms with Crippen LogP contribution in [0.15, 0.2) is 12.4 Å². The molecule has 16 heavy (non-hydrogen) atoms. The van der Waals surface area contributed by atoms with Gasteiger partial charge in [-0.2, -0.15) is 0 Å². The van der Waals surface area contributed by atoms with Gasteiger partial charge < -0.3 is 15.6 Å². The van der Waals surface area contributed by atoms with Crippen molar-refractivity contribution in [3.05, 3.63) is 18.2 Å². The largest absolute Gasteiger partial charge is 0.368 e. The van der Waals surface area contributed by atoms with E-state index in [1.165, 1.54) is 0 Å². The Bertz CT molecular complexity index is 370.